The third kappa shape index (κ3) is 5.14. The molecule has 1 fully saturated rings. The Hall–Kier alpha value is 0.100. The zero-order valence-corrected chi connectivity index (χ0v) is 13.6. The second kappa shape index (κ2) is 7.92. The van der Waals surface area contributed by atoms with Crippen molar-refractivity contribution in [2.24, 2.45) is 11.3 Å². The van der Waals surface area contributed by atoms with E-state index in [-0.39, 0.29) is 18.4 Å². The highest BCUT2D eigenvalue weighted by atomic mass is 32.1. The topological polar surface area (TPSA) is 3.24 Å². The lowest BCUT2D eigenvalue weighted by molar-refractivity contribution is -0.187. The van der Waals surface area contributed by atoms with Gasteiger partial charge in [0.05, 0.1) is 5.92 Å². The van der Waals surface area contributed by atoms with E-state index in [0.717, 1.165) is 44.5 Å². The van der Waals surface area contributed by atoms with Gasteiger partial charge in [0.15, 0.2) is 0 Å². The van der Waals surface area contributed by atoms with Gasteiger partial charge in [-0.2, -0.15) is 25.8 Å². The number of rotatable bonds is 7. The quantitative estimate of drug-likeness (QED) is 0.662. The van der Waals surface area contributed by atoms with Crippen molar-refractivity contribution < 1.29 is 13.2 Å². The number of nitrogens with zero attached hydrogens (tertiary/aromatic N) is 1. The largest absolute Gasteiger partial charge is 0.393 e. The normalized spacial score (nSPS) is 22.2. The van der Waals surface area contributed by atoms with Crippen LogP contribution >= 0.6 is 12.6 Å². The molecule has 1 atom stereocenters. The summed E-state index contributed by atoms with van der Waals surface area (Å²) in [5, 5.41) is 0. The molecule has 5 heteroatoms. The molecule has 0 saturated carbocycles. The molecule has 1 unspecified atom stereocenters. The van der Waals surface area contributed by atoms with Gasteiger partial charge >= 0.3 is 6.18 Å². The number of halogens is 3. The number of hydrogen-bond acceptors (Lipinski definition) is 2. The Labute approximate surface area is 126 Å². The molecule has 0 N–H and O–H groups in total. The van der Waals surface area contributed by atoms with Crippen molar-refractivity contribution in [2.45, 2.75) is 58.5 Å². The zero-order valence-electron chi connectivity index (χ0n) is 12.7. The van der Waals surface area contributed by atoms with E-state index >= 15 is 0 Å². The van der Waals surface area contributed by atoms with Crippen molar-refractivity contribution in [1.29, 1.82) is 0 Å². The van der Waals surface area contributed by atoms with Crippen LogP contribution in [0.3, 0.4) is 0 Å². The first-order valence-electron chi connectivity index (χ1n) is 7.77. The van der Waals surface area contributed by atoms with Crippen LogP contribution in [0.4, 0.5) is 13.2 Å². The summed E-state index contributed by atoms with van der Waals surface area (Å²) in [5.41, 5.74) is 0.0834. The van der Waals surface area contributed by atoms with E-state index in [2.05, 4.69) is 26.5 Å². The number of alkyl halides is 3. The molecule has 1 aliphatic heterocycles. The molecule has 1 nitrogen and oxygen atoms in total. The van der Waals surface area contributed by atoms with Crippen LogP contribution in [0.5, 0.6) is 0 Å². The molecule has 0 spiro atoms. The molecule has 1 rings (SSSR count). The molecule has 0 aromatic rings. The van der Waals surface area contributed by atoms with Crippen molar-refractivity contribution in [3.63, 3.8) is 0 Å². The second-order valence-corrected chi connectivity index (χ2v) is 6.59. The van der Waals surface area contributed by atoms with Crippen LogP contribution in [0.1, 0.15) is 52.4 Å². The molecule has 120 valence electrons. The van der Waals surface area contributed by atoms with E-state index < -0.39 is 12.1 Å². The van der Waals surface area contributed by atoms with Gasteiger partial charge in [-0.05, 0) is 43.4 Å². The lowest BCUT2D eigenvalue weighted by Gasteiger charge is -2.41. The van der Waals surface area contributed by atoms with Crippen LogP contribution in [0, 0.1) is 11.3 Å². The van der Waals surface area contributed by atoms with Crippen molar-refractivity contribution in [1.82, 2.24) is 4.90 Å². The lowest BCUT2D eigenvalue weighted by atomic mass is 9.79. The molecule has 0 bridgehead atoms. The van der Waals surface area contributed by atoms with Crippen LogP contribution in [0.2, 0.25) is 0 Å². The Morgan fingerprint density at radius 3 is 2.20 bits per heavy atom. The Morgan fingerprint density at radius 2 is 1.75 bits per heavy atom. The third-order valence-electron chi connectivity index (χ3n) is 4.42. The first-order valence-corrected chi connectivity index (χ1v) is 8.40. The van der Waals surface area contributed by atoms with E-state index in [1.165, 1.54) is 0 Å². The average Bonchev–Trinajstić information content (AvgIpc) is 2.38. The first kappa shape index (κ1) is 18.1. The summed E-state index contributed by atoms with van der Waals surface area (Å²) in [7, 11) is 0. The smallest absolute Gasteiger partial charge is 0.302 e. The summed E-state index contributed by atoms with van der Waals surface area (Å²) in [4.78, 5) is 2.03. The maximum Gasteiger partial charge on any atom is 0.393 e. The van der Waals surface area contributed by atoms with Gasteiger partial charge in [0.25, 0.3) is 0 Å². The first-order chi connectivity index (χ1) is 9.37. The van der Waals surface area contributed by atoms with Crippen LogP contribution < -0.4 is 0 Å². The summed E-state index contributed by atoms with van der Waals surface area (Å²) in [6, 6.07) is 0. The SMILES string of the molecule is CCCC(CS)(CCC)CN1CCCC(C(F)(F)F)C1. The minimum Gasteiger partial charge on any atom is -0.302 e. The van der Waals surface area contributed by atoms with Gasteiger partial charge in [-0.15, -0.1) is 0 Å². The van der Waals surface area contributed by atoms with Crippen LogP contribution in [0.25, 0.3) is 0 Å². The summed E-state index contributed by atoms with van der Waals surface area (Å²) in [5.74, 6) is -0.376. The molecule has 1 saturated heterocycles. The lowest BCUT2D eigenvalue weighted by Crippen LogP contribution is -2.47. The third-order valence-corrected chi connectivity index (χ3v) is 5.09. The summed E-state index contributed by atoms with van der Waals surface area (Å²) in [6.07, 6.45) is 1.14. The van der Waals surface area contributed by atoms with E-state index in [9.17, 15) is 13.2 Å². The maximum absolute atomic E-state index is 12.9. The Morgan fingerprint density at radius 1 is 1.15 bits per heavy atom. The van der Waals surface area contributed by atoms with E-state index in [1.807, 2.05) is 4.90 Å². The Bertz CT molecular complexity index is 275. The molecular weight excluding hydrogens is 283 g/mol. The number of hydrogen-bond donors (Lipinski definition) is 1. The zero-order chi connectivity index (χ0) is 15.2. The molecule has 0 aromatic heterocycles. The predicted octanol–water partition coefficient (Wildman–Crippen LogP) is 4.78. The molecule has 20 heavy (non-hydrogen) atoms. The van der Waals surface area contributed by atoms with Crippen LogP contribution in [-0.2, 0) is 0 Å². The Kier molecular flexibility index (Phi) is 7.19. The second-order valence-electron chi connectivity index (χ2n) is 6.27. The standard InChI is InChI=1S/C15H28F3NS/c1-3-7-14(12-20,8-4-2)11-19-9-5-6-13(10-19)15(16,17)18/h13,20H,3-12H2,1-2H3. The van der Waals surface area contributed by atoms with Crippen LogP contribution in [0.15, 0.2) is 0 Å². The minimum absolute atomic E-state index is 0.0834. The minimum atomic E-state index is -4.04. The summed E-state index contributed by atoms with van der Waals surface area (Å²) < 4.78 is 38.7. The van der Waals surface area contributed by atoms with Gasteiger partial charge in [0, 0.05) is 13.1 Å². The van der Waals surface area contributed by atoms with Gasteiger partial charge in [-0.25, -0.2) is 0 Å². The van der Waals surface area contributed by atoms with Crippen molar-refractivity contribution >= 4 is 12.6 Å². The Balaban J connectivity index is 2.68. The maximum atomic E-state index is 12.9. The van der Waals surface area contributed by atoms with Gasteiger partial charge in [-0.3, -0.25) is 0 Å². The average molecular weight is 311 g/mol. The fraction of sp³-hybridized carbons (Fsp3) is 1.00. The van der Waals surface area contributed by atoms with Gasteiger partial charge < -0.3 is 4.90 Å². The predicted molar refractivity (Wildman–Crippen MR) is 81.3 cm³/mol. The fourth-order valence-corrected chi connectivity index (χ4v) is 3.91. The van der Waals surface area contributed by atoms with Crippen molar-refractivity contribution in [3.8, 4) is 0 Å². The molecule has 1 heterocycles. The highest BCUT2D eigenvalue weighted by molar-refractivity contribution is 7.80. The molecule has 0 radical (unpaired) electrons. The van der Waals surface area contributed by atoms with E-state index in [0.29, 0.717) is 6.42 Å². The highest BCUT2D eigenvalue weighted by Gasteiger charge is 2.42. The van der Waals surface area contributed by atoms with Gasteiger partial charge in [0.1, 0.15) is 0 Å². The number of piperidine rings is 1. The van der Waals surface area contributed by atoms with Gasteiger partial charge in [0.2, 0.25) is 0 Å². The number of thiol groups is 1. The molecule has 1 aliphatic rings. The highest BCUT2D eigenvalue weighted by Crippen LogP contribution is 2.37. The fourth-order valence-electron chi connectivity index (χ4n) is 3.49. The number of likely N-dealkylation sites (tertiary alicyclic amines) is 1. The molecular formula is C15H28F3NS. The molecule has 0 amide bonds. The van der Waals surface area contributed by atoms with E-state index in [1.54, 1.807) is 0 Å². The molecule has 0 aromatic carbocycles. The molecule has 0 aliphatic carbocycles. The van der Waals surface area contributed by atoms with E-state index in [4.69, 9.17) is 0 Å². The van der Waals surface area contributed by atoms with Gasteiger partial charge in [-0.1, -0.05) is 26.7 Å². The summed E-state index contributed by atoms with van der Waals surface area (Å²) >= 11 is 4.50. The summed E-state index contributed by atoms with van der Waals surface area (Å²) in [6.45, 7) is 6.03. The monoisotopic (exact) mass is 311 g/mol. The van der Waals surface area contributed by atoms with Crippen LogP contribution in [-0.4, -0.2) is 36.5 Å². The van der Waals surface area contributed by atoms with Crippen molar-refractivity contribution in [2.75, 3.05) is 25.4 Å². The van der Waals surface area contributed by atoms with Crippen molar-refractivity contribution in [3.05, 3.63) is 0 Å².